The van der Waals surface area contributed by atoms with E-state index < -0.39 is 11.8 Å². The molecule has 0 fully saturated rings. The summed E-state index contributed by atoms with van der Waals surface area (Å²) in [4.78, 5) is 14.9. The van der Waals surface area contributed by atoms with Gasteiger partial charge in [-0.25, -0.2) is 9.37 Å². The van der Waals surface area contributed by atoms with Gasteiger partial charge in [0.25, 0.3) is 0 Å². The summed E-state index contributed by atoms with van der Waals surface area (Å²) < 4.78 is 19.7. The number of hydrogen-bond donors (Lipinski definition) is 0. The van der Waals surface area contributed by atoms with Crippen molar-refractivity contribution >= 4 is 28.9 Å². The molecule has 4 nitrogen and oxygen atoms in total. The molecule has 0 bridgehead atoms. The summed E-state index contributed by atoms with van der Waals surface area (Å²) in [6, 6.07) is 10.1. The van der Waals surface area contributed by atoms with E-state index in [1.807, 2.05) is 25.1 Å². The zero-order valence-electron chi connectivity index (χ0n) is 13.8. The molecule has 3 aromatic rings. The Kier molecular flexibility index (Phi) is 5.54. The smallest absolute Gasteiger partial charge is 0.131 e. The van der Waals surface area contributed by atoms with Gasteiger partial charge in [-0.2, -0.15) is 0 Å². The number of benzene rings is 2. The van der Waals surface area contributed by atoms with E-state index in [2.05, 4.69) is 4.98 Å². The number of aryl methyl sites for hydroxylation is 1. The average molecular weight is 391 g/mol. The molecule has 0 aliphatic carbocycles. The predicted octanol–water partition coefficient (Wildman–Crippen LogP) is 3.78. The molecule has 0 saturated carbocycles. The standard InChI is InChI=1S/C19H15ClFNO3S/c1-11-2-5-17(25-9-12-3-4-14(20)8-15(12)21)13(6-11)7-18-22-16(10-26-18)19(23)24/h2-6,8,10H,7,9H2,1H3,(H,23,24)/p-1. The van der Waals surface area contributed by atoms with Crippen LogP contribution in [0.15, 0.2) is 41.8 Å². The van der Waals surface area contributed by atoms with Crippen LogP contribution in [-0.2, 0) is 13.0 Å². The van der Waals surface area contributed by atoms with Gasteiger partial charge in [0, 0.05) is 28.0 Å². The summed E-state index contributed by atoms with van der Waals surface area (Å²) in [7, 11) is 0. The van der Waals surface area contributed by atoms with Gasteiger partial charge in [-0.1, -0.05) is 35.4 Å². The normalized spacial score (nSPS) is 10.7. The molecular formula is C19H14ClFNO3S-. The first-order chi connectivity index (χ1) is 12.4. The fourth-order valence-electron chi connectivity index (χ4n) is 2.43. The lowest BCUT2D eigenvalue weighted by atomic mass is 10.1. The quantitative estimate of drug-likeness (QED) is 0.642. The summed E-state index contributed by atoms with van der Waals surface area (Å²) >= 11 is 7.00. The van der Waals surface area contributed by atoms with Crippen molar-refractivity contribution in [3.63, 3.8) is 0 Å². The summed E-state index contributed by atoms with van der Waals surface area (Å²) in [6.07, 6.45) is 0.415. The average Bonchev–Trinajstić information content (AvgIpc) is 3.04. The van der Waals surface area contributed by atoms with Gasteiger partial charge in [-0.15, -0.1) is 11.3 Å². The highest BCUT2D eigenvalue weighted by molar-refractivity contribution is 7.09. The number of rotatable bonds is 6. The molecule has 7 heteroatoms. The van der Waals surface area contributed by atoms with E-state index in [9.17, 15) is 14.3 Å². The highest BCUT2D eigenvalue weighted by atomic mass is 35.5. The zero-order valence-corrected chi connectivity index (χ0v) is 15.4. The van der Waals surface area contributed by atoms with Crippen molar-refractivity contribution in [2.75, 3.05) is 0 Å². The highest BCUT2D eigenvalue weighted by Crippen LogP contribution is 2.26. The largest absolute Gasteiger partial charge is 0.543 e. The van der Waals surface area contributed by atoms with E-state index in [0.29, 0.717) is 27.8 Å². The van der Waals surface area contributed by atoms with Crippen LogP contribution in [-0.4, -0.2) is 11.0 Å². The molecule has 0 spiro atoms. The first-order valence-corrected chi connectivity index (χ1v) is 9.00. The summed E-state index contributed by atoms with van der Waals surface area (Å²) in [6.45, 7) is 2.00. The SMILES string of the molecule is Cc1ccc(OCc2ccc(Cl)cc2F)c(Cc2nc(C(=O)[O-])cs2)c1. The zero-order chi connectivity index (χ0) is 18.7. The number of nitrogens with zero attached hydrogens (tertiary/aromatic N) is 1. The molecule has 0 saturated heterocycles. The lowest BCUT2D eigenvalue weighted by Gasteiger charge is -2.12. The van der Waals surface area contributed by atoms with Crippen LogP contribution in [0.25, 0.3) is 0 Å². The topological polar surface area (TPSA) is 62.2 Å². The van der Waals surface area contributed by atoms with E-state index in [1.54, 1.807) is 12.1 Å². The Hall–Kier alpha value is -2.44. The van der Waals surface area contributed by atoms with E-state index >= 15 is 0 Å². The molecule has 3 rings (SSSR count). The fraction of sp³-hybridized carbons (Fsp3) is 0.158. The Morgan fingerprint density at radius 2 is 2.08 bits per heavy atom. The van der Waals surface area contributed by atoms with Gasteiger partial charge in [0.05, 0.1) is 16.7 Å². The third kappa shape index (κ3) is 4.39. The molecule has 0 N–H and O–H groups in total. The summed E-state index contributed by atoms with van der Waals surface area (Å²) in [5.41, 5.74) is 2.19. The predicted molar refractivity (Wildman–Crippen MR) is 96.2 cm³/mol. The molecular weight excluding hydrogens is 377 g/mol. The van der Waals surface area contributed by atoms with Gasteiger partial charge in [0.15, 0.2) is 0 Å². The minimum absolute atomic E-state index is 0.0568. The van der Waals surface area contributed by atoms with Crippen LogP contribution in [0.2, 0.25) is 5.02 Å². The number of aromatic carboxylic acids is 1. The molecule has 1 aromatic heterocycles. The Morgan fingerprint density at radius 1 is 1.27 bits per heavy atom. The maximum absolute atomic E-state index is 13.9. The van der Waals surface area contributed by atoms with Gasteiger partial charge in [0.1, 0.15) is 18.2 Å². The molecule has 0 aliphatic heterocycles. The van der Waals surface area contributed by atoms with Crippen LogP contribution in [0.1, 0.15) is 32.2 Å². The lowest BCUT2D eigenvalue weighted by molar-refractivity contribution is -0.255. The third-order valence-corrected chi connectivity index (χ3v) is 4.80. The number of halogens is 2. The van der Waals surface area contributed by atoms with Crippen molar-refractivity contribution in [1.82, 2.24) is 4.98 Å². The number of carbonyl (C=O) groups excluding carboxylic acids is 1. The van der Waals surface area contributed by atoms with Gasteiger partial charge in [0.2, 0.25) is 0 Å². The minimum atomic E-state index is -1.30. The number of hydrogen-bond acceptors (Lipinski definition) is 5. The van der Waals surface area contributed by atoms with Crippen molar-refractivity contribution in [2.24, 2.45) is 0 Å². The molecule has 0 radical (unpaired) electrons. The maximum atomic E-state index is 13.9. The Labute approximate surface area is 158 Å². The van der Waals surface area contributed by atoms with E-state index in [4.69, 9.17) is 16.3 Å². The van der Waals surface area contributed by atoms with E-state index in [0.717, 1.165) is 11.1 Å². The second kappa shape index (κ2) is 7.85. The van der Waals surface area contributed by atoms with Crippen LogP contribution in [0, 0.1) is 12.7 Å². The maximum Gasteiger partial charge on any atom is 0.131 e. The first-order valence-electron chi connectivity index (χ1n) is 7.74. The van der Waals surface area contributed by atoms with Gasteiger partial charge >= 0.3 is 0 Å². The third-order valence-electron chi connectivity index (χ3n) is 3.72. The number of carboxylic acids is 1. The molecule has 2 aromatic carbocycles. The molecule has 134 valence electrons. The van der Waals surface area contributed by atoms with Crippen molar-refractivity contribution in [1.29, 1.82) is 0 Å². The number of ether oxygens (including phenoxy) is 1. The monoisotopic (exact) mass is 390 g/mol. The number of carbonyl (C=O) groups is 1. The van der Waals surface area contributed by atoms with E-state index in [-0.39, 0.29) is 12.3 Å². The Bertz CT molecular complexity index is 958. The molecule has 0 atom stereocenters. The van der Waals surface area contributed by atoms with Crippen LogP contribution in [0.3, 0.4) is 0 Å². The molecule has 26 heavy (non-hydrogen) atoms. The van der Waals surface area contributed by atoms with Crippen molar-refractivity contribution in [2.45, 2.75) is 20.0 Å². The second-order valence-electron chi connectivity index (χ2n) is 5.73. The van der Waals surface area contributed by atoms with Crippen molar-refractivity contribution in [3.8, 4) is 5.75 Å². The lowest BCUT2D eigenvalue weighted by Crippen LogP contribution is -2.22. The summed E-state index contributed by atoms with van der Waals surface area (Å²) in [5, 5.41) is 13.3. The fourth-order valence-corrected chi connectivity index (χ4v) is 3.38. The van der Waals surface area contributed by atoms with Crippen LogP contribution >= 0.6 is 22.9 Å². The number of carboxylic acid groups (broad SMARTS) is 1. The first kappa shape index (κ1) is 18.4. The molecule has 1 heterocycles. The molecule has 0 amide bonds. The van der Waals surface area contributed by atoms with Gasteiger partial charge < -0.3 is 14.6 Å². The molecule has 0 aliphatic rings. The van der Waals surface area contributed by atoms with Crippen molar-refractivity contribution in [3.05, 3.63) is 80.0 Å². The van der Waals surface area contributed by atoms with E-state index in [1.165, 1.54) is 22.8 Å². The van der Waals surface area contributed by atoms with Crippen molar-refractivity contribution < 1.29 is 19.0 Å². The van der Waals surface area contributed by atoms with Crippen LogP contribution in [0.4, 0.5) is 4.39 Å². The second-order valence-corrected chi connectivity index (χ2v) is 7.11. The summed E-state index contributed by atoms with van der Waals surface area (Å²) in [5.74, 6) is -1.13. The number of thiazole rings is 1. The van der Waals surface area contributed by atoms with Gasteiger partial charge in [-0.3, -0.25) is 0 Å². The molecule has 0 unspecified atom stereocenters. The van der Waals surface area contributed by atoms with Crippen LogP contribution < -0.4 is 9.84 Å². The Morgan fingerprint density at radius 3 is 2.77 bits per heavy atom. The minimum Gasteiger partial charge on any atom is -0.543 e. The Balaban J connectivity index is 1.79. The van der Waals surface area contributed by atoms with Gasteiger partial charge in [-0.05, 0) is 25.1 Å². The highest BCUT2D eigenvalue weighted by Gasteiger charge is 2.11. The number of aromatic nitrogens is 1. The van der Waals surface area contributed by atoms with Crippen LogP contribution in [0.5, 0.6) is 5.75 Å².